The molecule has 0 bridgehead atoms. The van der Waals surface area contributed by atoms with Gasteiger partial charge in [-0.2, -0.15) is 0 Å². The van der Waals surface area contributed by atoms with Crippen molar-refractivity contribution in [2.24, 2.45) is 0 Å². The molecule has 0 saturated heterocycles. The highest BCUT2D eigenvalue weighted by Gasteiger charge is 2.22. The number of aryl methyl sites for hydroxylation is 2. The molecule has 3 N–H and O–H groups in total. The number of nitrogens with two attached hydrogens (primary N) is 1. The molecule has 0 spiro atoms. The zero-order valence-electron chi connectivity index (χ0n) is 11.6. The summed E-state index contributed by atoms with van der Waals surface area (Å²) in [7, 11) is -3.68. The van der Waals surface area contributed by atoms with Gasteiger partial charge in [-0.1, -0.05) is 6.07 Å². The monoisotopic (exact) mass is 291 g/mol. The molecule has 6 heteroatoms. The number of hydrogen-bond donors (Lipinski definition) is 2. The van der Waals surface area contributed by atoms with Crippen LogP contribution in [-0.2, 0) is 10.0 Å². The van der Waals surface area contributed by atoms with Crippen molar-refractivity contribution in [3.8, 4) is 0 Å². The summed E-state index contributed by atoms with van der Waals surface area (Å²) in [4.78, 5) is 4.11. The fraction of sp³-hybridized carbons (Fsp3) is 0.214. The van der Waals surface area contributed by atoms with E-state index < -0.39 is 10.0 Å². The van der Waals surface area contributed by atoms with Crippen LogP contribution in [0.15, 0.2) is 35.5 Å². The van der Waals surface area contributed by atoms with Gasteiger partial charge in [0.05, 0.1) is 16.8 Å². The van der Waals surface area contributed by atoms with E-state index in [0.717, 1.165) is 5.56 Å². The lowest BCUT2D eigenvalue weighted by molar-refractivity contribution is 0.600. The van der Waals surface area contributed by atoms with Gasteiger partial charge in [-0.05, 0) is 49.6 Å². The van der Waals surface area contributed by atoms with Crippen LogP contribution in [0.3, 0.4) is 0 Å². The smallest absolute Gasteiger partial charge is 0.262 e. The van der Waals surface area contributed by atoms with Crippen LogP contribution in [0.4, 0.5) is 11.4 Å². The molecule has 0 fully saturated rings. The molecule has 20 heavy (non-hydrogen) atoms. The minimum absolute atomic E-state index is 0.226. The Morgan fingerprint density at radius 3 is 2.50 bits per heavy atom. The average Bonchev–Trinajstić information content (AvgIpc) is 2.36. The Kier molecular flexibility index (Phi) is 3.67. The number of hydrogen-bond acceptors (Lipinski definition) is 4. The molecule has 0 saturated carbocycles. The Morgan fingerprint density at radius 1 is 1.20 bits per heavy atom. The lowest BCUT2D eigenvalue weighted by Gasteiger charge is -2.16. The van der Waals surface area contributed by atoms with Crippen molar-refractivity contribution in [3.05, 3.63) is 47.3 Å². The molecule has 1 heterocycles. The third-order valence-electron chi connectivity index (χ3n) is 3.14. The molecular formula is C14H17N3O2S. The Morgan fingerprint density at radius 2 is 1.90 bits per heavy atom. The lowest BCUT2D eigenvalue weighted by atomic mass is 10.1. The second-order valence-corrected chi connectivity index (χ2v) is 6.34. The largest absolute Gasteiger partial charge is 0.398 e. The fourth-order valence-electron chi connectivity index (χ4n) is 2.22. The van der Waals surface area contributed by atoms with Crippen LogP contribution in [0.5, 0.6) is 0 Å². The van der Waals surface area contributed by atoms with E-state index in [4.69, 9.17) is 5.73 Å². The number of rotatable bonds is 3. The highest BCUT2D eigenvalue weighted by Crippen LogP contribution is 2.29. The number of aromatic nitrogens is 1. The van der Waals surface area contributed by atoms with Crippen LogP contribution in [0, 0.1) is 20.8 Å². The molecule has 2 aromatic rings. The van der Waals surface area contributed by atoms with Crippen LogP contribution >= 0.6 is 0 Å². The van der Waals surface area contributed by atoms with Gasteiger partial charge < -0.3 is 5.73 Å². The first-order valence-electron chi connectivity index (χ1n) is 6.12. The van der Waals surface area contributed by atoms with Crippen LogP contribution in [0.25, 0.3) is 0 Å². The Balaban J connectivity index is 2.53. The van der Waals surface area contributed by atoms with Crippen LogP contribution in [0.1, 0.15) is 16.7 Å². The first-order chi connectivity index (χ1) is 9.33. The molecular weight excluding hydrogens is 274 g/mol. The van der Waals surface area contributed by atoms with Gasteiger partial charge in [-0.3, -0.25) is 9.71 Å². The quantitative estimate of drug-likeness (QED) is 0.850. The summed E-state index contributed by atoms with van der Waals surface area (Å²) >= 11 is 0. The first-order valence-corrected chi connectivity index (χ1v) is 7.60. The van der Waals surface area contributed by atoms with Gasteiger partial charge in [0.25, 0.3) is 10.0 Å². The molecule has 0 unspecified atom stereocenters. The standard InChI is InChI=1S/C14H17N3O2S/c1-9-7-10(2)14(11(3)13(9)15)20(18,19)17-12-5-4-6-16-8-12/h4-8,17H,15H2,1-3H3. The number of nitrogens with zero attached hydrogens (tertiary/aromatic N) is 1. The first kappa shape index (κ1) is 14.3. The predicted molar refractivity (Wildman–Crippen MR) is 80.1 cm³/mol. The molecule has 0 radical (unpaired) electrons. The Bertz CT molecular complexity index is 741. The van der Waals surface area contributed by atoms with E-state index in [1.165, 1.54) is 6.20 Å². The Labute approximate surface area is 118 Å². The maximum absolute atomic E-state index is 12.5. The van der Waals surface area contributed by atoms with Gasteiger partial charge in [0.1, 0.15) is 0 Å². The van der Waals surface area contributed by atoms with E-state index in [0.29, 0.717) is 22.5 Å². The number of benzene rings is 1. The topological polar surface area (TPSA) is 85.1 Å². The normalized spacial score (nSPS) is 11.3. The van der Waals surface area contributed by atoms with Gasteiger partial charge in [-0.15, -0.1) is 0 Å². The van der Waals surface area contributed by atoms with E-state index in [1.54, 1.807) is 38.2 Å². The van der Waals surface area contributed by atoms with Crippen molar-refractivity contribution in [3.63, 3.8) is 0 Å². The second-order valence-electron chi connectivity index (χ2n) is 4.73. The molecule has 1 aromatic heterocycles. The number of sulfonamides is 1. The van der Waals surface area contributed by atoms with Crippen molar-refractivity contribution in [2.45, 2.75) is 25.7 Å². The maximum atomic E-state index is 12.5. The summed E-state index contributed by atoms with van der Waals surface area (Å²) < 4.78 is 27.5. The lowest BCUT2D eigenvalue weighted by Crippen LogP contribution is -2.17. The summed E-state index contributed by atoms with van der Waals surface area (Å²) in [6.45, 7) is 5.34. The van der Waals surface area contributed by atoms with E-state index in [2.05, 4.69) is 9.71 Å². The second kappa shape index (κ2) is 5.13. The number of nitrogen functional groups attached to an aromatic ring is 1. The molecule has 0 aliphatic rings. The summed E-state index contributed by atoms with van der Waals surface area (Å²) in [6.07, 6.45) is 3.04. The maximum Gasteiger partial charge on any atom is 0.262 e. The van der Waals surface area contributed by atoms with Crippen LogP contribution in [-0.4, -0.2) is 13.4 Å². The van der Waals surface area contributed by atoms with Crippen molar-refractivity contribution < 1.29 is 8.42 Å². The molecule has 2 rings (SSSR count). The molecule has 5 nitrogen and oxygen atoms in total. The predicted octanol–water partition coefficient (Wildman–Crippen LogP) is 2.39. The summed E-state index contributed by atoms with van der Waals surface area (Å²) in [5.41, 5.74) is 8.98. The van der Waals surface area contributed by atoms with Crippen LogP contribution < -0.4 is 10.5 Å². The molecule has 0 atom stereocenters. The van der Waals surface area contributed by atoms with Crippen molar-refractivity contribution in [1.82, 2.24) is 4.98 Å². The highest BCUT2D eigenvalue weighted by atomic mass is 32.2. The van der Waals surface area contributed by atoms with Crippen LogP contribution in [0.2, 0.25) is 0 Å². The summed E-state index contributed by atoms with van der Waals surface area (Å²) in [5, 5.41) is 0. The molecule has 0 aliphatic heterocycles. The molecule has 0 amide bonds. The van der Waals surface area contributed by atoms with Gasteiger partial charge >= 0.3 is 0 Å². The van der Waals surface area contributed by atoms with E-state index in [9.17, 15) is 8.42 Å². The fourth-order valence-corrected chi connectivity index (χ4v) is 3.75. The van der Waals surface area contributed by atoms with E-state index in [1.807, 2.05) is 6.92 Å². The number of nitrogens with one attached hydrogen (secondary N) is 1. The zero-order chi connectivity index (χ0) is 14.9. The Hall–Kier alpha value is -2.08. The number of pyridine rings is 1. The molecule has 106 valence electrons. The SMILES string of the molecule is Cc1cc(C)c(S(=O)(=O)Nc2cccnc2)c(C)c1N. The van der Waals surface area contributed by atoms with E-state index in [-0.39, 0.29) is 4.90 Å². The van der Waals surface area contributed by atoms with Crippen molar-refractivity contribution in [2.75, 3.05) is 10.5 Å². The molecule has 0 aliphatic carbocycles. The van der Waals surface area contributed by atoms with Gasteiger partial charge in [0.2, 0.25) is 0 Å². The van der Waals surface area contributed by atoms with Gasteiger partial charge in [-0.25, -0.2) is 8.42 Å². The minimum atomic E-state index is -3.68. The van der Waals surface area contributed by atoms with Crippen molar-refractivity contribution in [1.29, 1.82) is 0 Å². The number of anilines is 2. The third-order valence-corrected chi connectivity index (χ3v) is 4.81. The van der Waals surface area contributed by atoms with Gasteiger partial charge in [0.15, 0.2) is 0 Å². The molecule has 1 aromatic carbocycles. The summed E-state index contributed by atoms with van der Waals surface area (Å²) in [6, 6.07) is 5.09. The van der Waals surface area contributed by atoms with E-state index >= 15 is 0 Å². The minimum Gasteiger partial charge on any atom is -0.398 e. The third kappa shape index (κ3) is 2.60. The summed E-state index contributed by atoms with van der Waals surface area (Å²) in [5.74, 6) is 0. The van der Waals surface area contributed by atoms with Crippen molar-refractivity contribution >= 4 is 21.4 Å². The highest BCUT2D eigenvalue weighted by molar-refractivity contribution is 7.92. The van der Waals surface area contributed by atoms with Gasteiger partial charge in [0, 0.05) is 11.9 Å². The average molecular weight is 291 g/mol. The zero-order valence-corrected chi connectivity index (χ0v) is 12.5.